The van der Waals surface area contributed by atoms with Gasteiger partial charge in [-0.05, 0) is 36.1 Å². The third-order valence-electron chi connectivity index (χ3n) is 2.46. The second-order valence-corrected chi connectivity index (χ2v) is 5.66. The second kappa shape index (κ2) is 6.26. The minimum atomic E-state index is -0.397. The molecule has 0 saturated heterocycles. The molecule has 0 saturated carbocycles. The molecule has 0 atom stereocenters. The number of nitrogens with one attached hydrogen (secondary N) is 1. The number of thiophene rings is 1. The van der Waals surface area contributed by atoms with Crippen LogP contribution in [-0.4, -0.2) is 17.2 Å². The van der Waals surface area contributed by atoms with Gasteiger partial charge in [-0.15, -0.1) is 11.3 Å². The van der Waals surface area contributed by atoms with Crippen LogP contribution in [0.2, 0.25) is 10.0 Å². The van der Waals surface area contributed by atoms with Gasteiger partial charge < -0.3 is 5.11 Å². The van der Waals surface area contributed by atoms with Crippen molar-refractivity contribution in [2.75, 3.05) is 0 Å². The van der Waals surface area contributed by atoms with Gasteiger partial charge in [0.25, 0.3) is 5.91 Å². The Morgan fingerprint density at radius 3 is 2.85 bits per heavy atom. The summed E-state index contributed by atoms with van der Waals surface area (Å²) in [6.45, 7) is 1.82. The van der Waals surface area contributed by atoms with Gasteiger partial charge in [-0.25, -0.2) is 5.43 Å². The first-order valence-corrected chi connectivity index (χ1v) is 7.18. The van der Waals surface area contributed by atoms with E-state index in [1.54, 1.807) is 11.4 Å². The molecule has 0 aliphatic rings. The number of aromatic hydroxyl groups is 1. The number of hydrogen-bond acceptors (Lipinski definition) is 4. The normalized spacial score (nSPS) is 10.9. The average molecular weight is 329 g/mol. The summed E-state index contributed by atoms with van der Waals surface area (Å²) < 4.78 is 0. The Morgan fingerprint density at radius 2 is 2.20 bits per heavy atom. The lowest BCUT2D eigenvalue weighted by Gasteiger charge is -2.00. The van der Waals surface area contributed by atoms with E-state index in [1.165, 1.54) is 29.7 Å². The number of rotatable bonds is 3. The second-order valence-electron chi connectivity index (χ2n) is 3.96. The van der Waals surface area contributed by atoms with Gasteiger partial charge in [0.15, 0.2) is 0 Å². The summed E-state index contributed by atoms with van der Waals surface area (Å²) in [6.07, 6.45) is 1.31. The summed E-state index contributed by atoms with van der Waals surface area (Å²) in [4.78, 5) is 12.2. The Morgan fingerprint density at radius 1 is 1.45 bits per heavy atom. The highest BCUT2D eigenvalue weighted by atomic mass is 35.5. The summed E-state index contributed by atoms with van der Waals surface area (Å²) in [6, 6.07) is 4.54. The van der Waals surface area contributed by atoms with Gasteiger partial charge in [-0.2, -0.15) is 5.10 Å². The molecule has 2 rings (SSSR count). The van der Waals surface area contributed by atoms with Crippen LogP contribution in [0.15, 0.2) is 28.7 Å². The molecule has 1 aromatic carbocycles. The molecule has 1 heterocycles. The summed E-state index contributed by atoms with van der Waals surface area (Å²) in [7, 11) is 0. The van der Waals surface area contributed by atoms with E-state index < -0.39 is 5.91 Å². The van der Waals surface area contributed by atoms with Gasteiger partial charge in [-0.1, -0.05) is 23.2 Å². The summed E-state index contributed by atoms with van der Waals surface area (Å²) in [5.41, 5.74) is 3.60. The van der Waals surface area contributed by atoms with Gasteiger partial charge in [0.05, 0.1) is 11.2 Å². The number of phenolic OH excluding ortho intramolecular Hbond substituents is 1. The van der Waals surface area contributed by atoms with Crippen molar-refractivity contribution in [3.8, 4) is 5.75 Å². The lowest BCUT2D eigenvalue weighted by atomic mass is 10.2. The van der Waals surface area contributed by atoms with Crippen LogP contribution in [0.25, 0.3) is 0 Å². The predicted molar refractivity (Wildman–Crippen MR) is 82.2 cm³/mol. The quantitative estimate of drug-likeness (QED) is 0.664. The Balaban J connectivity index is 2.08. The van der Waals surface area contributed by atoms with Crippen LogP contribution in [0.3, 0.4) is 0 Å². The monoisotopic (exact) mass is 328 g/mol. The van der Waals surface area contributed by atoms with Crippen molar-refractivity contribution in [2.24, 2.45) is 5.10 Å². The molecule has 2 N–H and O–H groups in total. The third-order valence-corrected chi connectivity index (χ3v) is 4.40. The molecule has 1 aromatic heterocycles. The van der Waals surface area contributed by atoms with Gasteiger partial charge in [0, 0.05) is 10.6 Å². The van der Waals surface area contributed by atoms with Crippen LogP contribution in [0.4, 0.5) is 0 Å². The van der Waals surface area contributed by atoms with E-state index in [2.05, 4.69) is 10.5 Å². The SMILES string of the molecule is Cc1csc(C(=O)N/N=C\c2cc(Cl)ccc2O)c1Cl. The zero-order valence-electron chi connectivity index (χ0n) is 10.4. The highest BCUT2D eigenvalue weighted by Crippen LogP contribution is 2.26. The van der Waals surface area contributed by atoms with Crippen LogP contribution in [0, 0.1) is 6.92 Å². The molecule has 0 spiro atoms. The van der Waals surface area contributed by atoms with Crippen molar-refractivity contribution in [1.82, 2.24) is 5.43 Å². The van der Waals surface area contributed by atoms with Crippen LogP contribution >= 0.6 is 34.5 Å². The van der Waals surface area contributed by atoms with Crippen molar-refractivity contribution < 1.29 is 9.90 Å². The smallest absolute Gasteiger partial charge is 0.282 e. The fraction of sp³-hybridized carbons (Fsp3) is 0.0769. The van der Waals surface area contributed by atoms with E-state index >= 15 is 0 Å². The fourth-order valence-electron chi connectivity index (χ4n) is 1.42. The summed E-state index contributed by atoms with van der Waals surface area (Å²) >= 11 is 13.0. The maximum atomic E-state index is 11.8. The van der Waals surface area contributed by atoms with Crippen LogP contribution in [-0.2, 0) is 0 Å². The molecule has 0 aliphatic carbocycles. The van der Waals surface area contributed by atoms with Gasteiger partial charge >= 0.3 is 0 Å². The zero-order chi connectivity index (χ0) is 14.7. The molecule has 1 amide bonds. The molecular weight excluding hydrogens is 319 g/mol. The highest BCUT2D eigenvalue weighted by molar-refractivity contribution is 7.13. The lowest BCUT2D eigenvalue weighted by molar-refractivity contribution is 0.0959. The molecule has 20 heavy (non-hydrogen) atoms. The number of carbonyl (C=O) groups is 1. The number of phenols is 1. The Hall–Kier alpha value is -1.56. The molecule has 104 valence electrons. The van der Waals surface area contributed by atoms with E-state index in [9.17, 15) is 9.90 Å². The van der Waals surface area contributed by atoms with Gasteiger partial charge in [-0.3, -0.25) is 4.79 Å². The third kappa shape index (κ3) is 3.30. The number of halogens is 2. The first kappa shape index (κ1) is 14.8. The van der Waals surface area contributed by atoms with Crippen LogP contribution in [0.1, 0.15) is 20.8 Å². The van der Waals surface area contributed by atoms with Gasteiger partial charge in [0.1, 0.15) is 10.6 Å². The number of benzene rings is 1. The van der Waals surface area contributed by atoms with Crippen LogP contribution < -0.4 is 5.43 Å². The van der Waals surface area contributed by atoms with E-state index in [4.69, 9.17) is 23.2 Å². The first-order valence-electron chi connectivity index (χ1n) is 5.54. The van der Waals surface area contributed by atoms with E-state index in [-0.39, 0.29) is 5.75 Å². The highest BCUT2D eigenvalue weighted by Gasteiger charge is 2.13. The molecule has 0 fully saturated rings. The Bertz CT molecular complexity index is 683. The first-order chi connectivity index (χ1) is 9.49. The minimum Gasteiger partial charge on any atom is -0.507 e. The number of aryl methyl sites for hydroxylation is 1. The molecule has 0 radical (unpaired) electrons. The Kier molecular flexibility index (Phi) is 4.65. The minimum absolute atomic E-state index is 0.0254. The number of hydrogen-bond donors (Lipinski definition) is 2. The fourth-order valence-corrected chi connectivity index (χ4v) is 2.77. The Labute approximate surface area is 129 Å². The molecule has 0 unspecified atom stereocenters. The van der Waals surface area contributed by atoms with E-state index in [0.29, 0.717) is 20.5 Å². The standard InChI is InChI=1S/C13H10Cl2N2O2S/c1-7-6-20-12(11(7)15)13(19)17-16-5-8-4-9(14)2-3-10(8)18/h2-6,18H,1H3,(H,17,19)/b16-5-. The van der Waals surface area contributed by atoms with Crippen molar-refractivity contribution in [2.45, 2.75) is 6.92 Å². The zero-order valence-corrected chi connectivity index (χ0v) is 12.7. The predicted octanol–water partition coefficient (Wildman–Crippen LogP) is 3.83. The molecular formula is C13H10Cl2N2O2S. The van der Waals surface area contributed by atoms with E-state index in [0.717, 1.165) is 5.56 Å². The van der Waals surface area contributed by atoms with Crippen molar-refractivity contribution >= 4 is 46.7 Å². The molecule has 0 bridgehead atoms. The van der Waals surface area contributed by atoms with Gasteiger partial charge in [0.2, 0.25) is 0 Å². The average Bonchev–Trinajstić information content (AvgIpc) is 2.74. The summed E-state index contributed by atoms with van der Waals surface area (Å²) in [5.74, 6) is -0.372. The molecule has 4 nitrogen and oxygen atoms in total. The summed E-state index contributed by atoms with van der Waals surface area (Å²) in [5, 5.41) is 16.0. The lowest BCUT2D eigenvalue weighted by Crippen LogP contribution is -2.16. The van der Waals surface area contributed by atoms with E-state index in [1.807, 2.05) is 6.92 Å². The van der Waals surface area contributed by atoms with Crippen molar-refractivity contribution in [3.63, 3.8) is 0 Å². The molecule has 0 aliphatic heterocycles. The van der Waals surface area contributed by atoms with Crippen molar-refractivity contribution in [3.05, 3.63) is 49.6 Å². The number of amides is 1. The molecule has 2 aromatic rings. The van der Waals surface area contributed by atoms with Crippen LogP contribution in [0.5, 0.6) is 5.75 Å². The number of carbonyl (C=O) groups excluding carboxylic acids is 1. The van der Waals surface area contributed by atoms with Crippen molar-refractivity contribution in [1.29, 1.82) is 0 Å². The topological polar surface area (TPSA) is 61.7 Å². The number of nitrogens with zero attached hydrogens (tertiary/aromatic N) is 1. The largest absolute Gasteiger partial charge is 0.507 e. The number of hydrazone groups is 1. The molecule has 7 heteroatoms. The maximum absolute atomic E-state index is 11.8. The maximum Gasteiger partial charge on any atom is 0.282 e.